The van der Waals surface area contributed by atoms with Crippen LogP contribution in [0.25, 0.3) is 22.3 Å². The van der Waals surface area contributed by atoms with E-state index in [1.165, 1.54) is 10.6 Å². The second-order valence-electron chi connectivity index (χ2n) is 6.47. The van der Waals surface area contributed by atoms with Crippen molar-refractivity contribution < 1.29 is 9.18 Å². The van der Waals surface area contributed by atoms with Crippen LogP contribution in [0.15, 0.2) is 65.6 Å². The number of aromatic nitrogens is 2. The van der Waals surface area contributed by atoms with Gasteiger partial charge < -0.3 is 4.57 Å². The van der Waals surface area contributed by atoms with Crippen LogP contribution in [0.4, 0.5) is 4.39 Å². The minimum Gasteiger partial charge on any atom is -0.334 e. The molecule has 3 heterocycles. The predicted molar refractivity (Wildman–Crippen MR) is 102 cm³/mol. The van der Waals surface area contributed by atoms with E-state index >= 15 is 0 Å². The Hall–Kier alpha value is -3.18. The van der Waals surface area contributed by atoms with Gasteiger partial charge in [-0.2, -0.15) is 0 Å². The number of benzene rings is 2. The van der Waals surface area contributed by atoms with Crippen molar-refractivity contribution in [2.24, 2.45) is 0 Å². The normalized spacial score (nSPS) is 12.4. The van der Waals surface area contributed by atoms with Gasteiger partial charge in [0.05, 0.1) is 21.9 Å². The molecular weight excluding hydrogens is 367 g/mol. The molecule has 0 radical (unpaired) electrons. The van der Waals surface area contributed by atoms with E-state index in [-0.39, 0.29) is 21.9 Å². The van der Waals surface area contributed by atoms with Gasteiger partial charge >= 0.3 is 0 Å². The smallest absolute Gasteiger partial charge is 0.268 e. The van der Waals surface area contributed by atoms with Crippen molar-refractivity contribution in [1.82, 2.24) is 9.13 Å². The van der Waals surface area contributed by atoms with E-state index in [1.807, 2.05) is 22.8 Å². The van der Waals surface area contributed by atoms with Gasteiger partial charge in [-0.25, -0.2) is 4.39 Å². The molecule has 0 N–H and O–H groups in total. The van der Waals surface area contributed by atoms with Gasteiger partial charge in [-0.1, -0.05) is 29.8 Å². The van der Waals surface area contributed by atoms with Gasteiger partial charge in [0.2, 0.25) is 5.43 Å². The van der Waals surface area contributed by atoms with Gasteiger partial charge in [-0.3, -0.25) is 14.2 Å². The molecule has 1 aliphatic heterocycles. The summed E-state index contributed by atoms with van der Waals surface area (Å²) in [6.45, 7) is 0.349. The molecule has 0 unspecified atom stereocenters. The van der Waals surface area contributed by atoms with Gasteiger partial charge in [-0.15, -0.1) is 0 Å². The lowest BCUT2D eigenvalue weighted by Gasteiger charge is -2.16. The molecule has 0 atom stereocenters. The number of rotatable bonds is 2. The Morgan fingerprint density at radius 1 is 1.00 bits per heavy atom. The summed E-state index contributed by atoms with van der Waals surface area (Å²) in [4.78, 5) is 25.8. The second-order valence-corrected chi connectivity index (χ2v) is 6.88. The molecule has 0 saturated heterocycles. The molecule has 0 aliphatic carbocycles. The van der Waals surface area contributed by atoms with Crippen molar-refractivity contribution in [1.29, 1.82) is 0 Å². The number of hydrogen-bond donors (Lipinski definition) is 0. The Labute approximate surface area is 158 Å². The van der Waals surface area contributed by atoms with E-state index in [1.54, 1.807) is 36.5 Å². The highest BCUT2D eigenvalue weighted by atomic mass is 35.5. The average molecular weight is 379 g/mol. The third kappa shape index (κ3) is 2.22. The van der Waals surface area contributed by atoms with E-state index in [0.29, 0.717) is 28.8 Å². The van der Waals surface area contributed by atoms with Crippen LogP contribution in [-0.4, -0.2) is 15.0 Å². The molecule has 5 rings (SSSR count). The van der Waals surface area contributed by atoms with Gasteiger partial charge in [0.15, 0.2) is 0 Å². The van der Waals surface area contributed by atoms with Crippen molar-refractivity contribution in [3.05, 3.63) is 93.0 Å². The van der Waals surface area contributed by atoms with Gasteiger partial charge in [0, 0.05) is 18.1 Å². The number of hydrogen-bond acceptors (Lipinski definition) is 2. The molecule has 6 heteroatoms. The summed E-state index contributed by atoms with van der Waals surface area (Å²) >= 11 is 5.94. The SMILES string of the molecule is O=C1c2c(n(Cc3ccc(F)c(Cl)c3)c3ccccc3c2=O)-c2cccn21. The molecule has 4 aromatic rings. The number of halogens is 2. The van der Waals surface area contributed by atoms with Crippen LogP contribution < -0.4 is 5.43 Å². The Kier molecular flexibility index (Phi) is 3.36. The lowest BCUT2D eigenvalue weighted by Crippen LogP contribution is -2.20. The average Bonchev–Trinajstić information content (AvgIpc) is 3.24. The van der Waals surface area contributed by atoms with Crippen LogP contribution in [0.2, 0.25) is 5.02 Å². The quantitative estimate of drug-likeness (QED) is 0.459. The topological polar surface area (TPSA) is 44.0 Å². The Balaban J connectivity index is 1.85. The number of nitrogens with zero attached hydrogens (tertiary/aromatic N) is 2. The molecule has 1 aliphatic rings. The molecule has 27 heavy (non-hydrogen) atoms. The summed E-state index contributed by atoms with van der Waals surface area (Å²) in [5.41, 5.74) is 2.62. The minimum atomic E-state index is -0.487. The monoisotopic (exact) mass is 378 g/mol. The van der Waals surface area contributed by atoms with E-state index in [4.69, 9.17) is 11.6 Å². The van der Waals surface area contributed by atoms with Crippen LogP contribution in [0.1, 0.15) is 15.9 Å². The van der Waals surface area contributed by atoms with E-state index < -0.39 is 5.82 Å². The standard InChI is InChI=1S/C21H12ClFN2O2/c22-14-10-12(7-8-15(14)23)11-25-16-5-2-1-4-13(16)20(26)18-19(25)17-6-3-9-24(17)21(18)27/h1-10H,11H2. The highest BCUT2D eigenvalue weighted by molar-refractivity contribution is 6.30. The predicted octanol–water partition coefficient (Wildman–Crippen LogP) is 4.31. The van der Waals surface area contributed by atoms with Gasteiger partial charge in [0.1, 0.15) is 11.4 Å². The lowest BCUT2D eigenvalue weighted by atomic mass is 10.1. The van der Waals surface area contributed by atoms with Crippen LogP contribution >= 0.6 is 11.6 Å². The minimum absolute atomic E-state index is 0.0361. The number of fused-ring (bicyclic) bond motifs is 4. The van der Waals surface area contributed by atoms with Crippen molar-refractivity contribution in [3.63, 3.8) is 0 Å². The first-order valence-corrected chi connectivity index (χ1v) is 8.76. The first-order valence-electron chi connectivity index (χ1n) is 8.38. The van der Waals surface area contributed by atoms with Crippen LogP contribution in [0.3, 0.4) is 0 Å². The zero-order valence-electron chi connectivity index (χ0n) is 13.9. The molecule has 2 aromatic carbocycles. The molecular formula is C21H12ClFN2O2. The fraction of sp³-hybridized carbons (Fsp3) is 0.0476. The van der Waals surface area contributed by atoms with Crippen molar-refractivity contribution in [2.45, 2.75) is 6.54 Å². The van der Waals surface area contributed by atoms with E-state index in [2.05, 4.69) is 0 Å². The molecule has 0 bridgehead atoms. The maximum Gasteiger partial charge on any atom is 0.268 e. The van der Waals surface area contributed by atoms with Crippen LogP contribution in [-0.2, 0) is 6.54 Å². The molecule has 0 amide bonds. The highest BCUT2D eigenvalue weighted by Gasteiger charge is 2.32. The second kappa shape index (κ2) is 5.66. The van der Waals surface area contributed by atoms with Crippen LogP contribution in [0.5, 0.6) is 0 Å². The first-order chi connectivity index (χ1) is 13.1. The molecule has 2 aromatic heterocycles. The zero-order chi connectivity index (χ0) is 18.7. The van der Waals surface area contributed by atoms with Crippen molar-refractivity contribution in [3.8, 4) is 11.4 Å². The highest BCUT2D eigenvalue weighted by Crippen LogP contribution is 2.33. The molecule has 0 fully saturated rings. The summed E-state index contributed by atoms with van der Waals surface area (Å²) in [6, 6.07) is 15.3. The molecule has 0 spiro atoms. The molecule has 132 valence electrons. The largest absolute Gasteiger partial charge is 0.334 e. The van der Waals surface area contributed by atoms with Gasteiger partial charge in [-0.05, 0) is 42.0 Å². The van der Waals surface area contributed by atoms with Gasteiger partial charge in [0.25, 0.3) is 5.91 Å². The van der Waals surface area contributed by atoms with Crippen LogP contribution in [0, 0.1) is 5.82 Å². The third-order valence-electron chi connectivity index (χ3n) is 4.92. The zero-order valence-corrected chi connectivity index (χ0v) is 14.7. The maximum atomic E-state index is 13.5. The number of para-hydroxylation sites is 1. The summed E-state index contributed by atoms with van der Waals surface area (Å²) in [7, 11) is 0. The molecule has 0 saturated carbocycles. The summed E-state index contributed by atoms with van der Waals surface area (Å²) < 4.78 is 16.9. The fourth-order valence-corrected chi connectivity index (χ4v) is 3.92. The summed E-state index contributed by atoms with van der Waals surface area (Å²) in [6.07, 6.45) is 1.65. The maximum absolute atomic E-state index is 13.5. The van der Waals surface area contributed by atoms with E-state index in [0.717, 1.165) is 5.56 Å². The summed E-state index contributed by atoms with van der Waals surface area (Å²) in [5, 5.41) is 0.512. The number of pyridine rings is 1. The summed E-state index contributed by atoms with van der Waals surface area (Å²) in [5.74, 6) is -0.814. The number of carbonyl (C=O) groups excluding carboxylic acids is 1. The Morgan fingerprint density at radius 3 is 2.63 bits per heavy atom. The Bertz CT molecular complexity index is 1320. The first kappa shape index (κ1) is 16.0. The Morgan fingerprint density at radius 2 is 1.81 bits per heavy atom. The lowest BCUT2D eigenvalue weighted by molar-refractivity contribution is 0.0968. The number of carbonyl (C=O) groups is 1. The van der Waals surface area contributed by atoms with Crippen molar-refractivity contribution in [2.75, 3.05) is 0 Å². The molecule has 4 nitrogen and oxygen atoms in total. The van der Waals surface area contributed by atoms with Crippen molar-refractivity contribution >= 4 is 28.4 Å². The fourth-order valence-electron chi connectivity index (χ4n) is 3.72. The third-order valence-corrected chi connectivity index (χ3v) is 5.21. The van der Waals surface area contributed by atoms with E-state index in [9.17, 15) is 14.0 Å².